The summed E-state index contributed by atoms with van der Waals surface area (Å²) in [6.07, 6.45) is 0.276. The van der Waals surface area contributed by atoms with Crippen molar-refractivity contribution in [1.29, 1.82) is 0 Å². The number of thiazole rings is 1. The summed E-state index contributed by atoms with van der Waals surface area (Å²) in [6, 6.07) is 15.1. The third-order valence-electron chi connectivity index (χ3n) is 3.90. The van der Waals surface area contributed by atoms with Crippen molar-refractivity contribution in [2.24, 2.45) is 0 Å². The number of halogens is 2. The molecule has 2 aromatic carbocycles. The number of hydrogen-bond acceptors (Lipinski definition) is 4. The number of likely N-dealkylation sites (N-methyl/N-ethyl adjacent to an activating group) is 1. The Balaban J connectivity index is 1.52. The number of rotatable bonds is 7. The molecular formula is C20H18BrClN2O2S. The van der Waals surface area contributed by atoms with E-state index in [0.29, 0.717) is 18.2 Å². The highest BCUT2D eigenvalue weighted by Gasteiger charge is 2.14. The number of amides is 1. The summed E-state index contributed by atoms with van der Waals surface area (Å²) in [4.78, 5) is 18.7. The van der Waals surface area contributed by atoms with Crippen molar-refractivity contribution in [3.8, 4) is 5.75 Å². The van der Waals surface area contributed by atoms with Crippen molar-refractivity contribution in [3.63, 3.8) is 0 Å². The highest BCUT2D eigenvalue weighted by Crippen LogP contribution is 2.20. The molecule has 0 N–H and O–H groups in total. The van der Waals surface area contributed by atoms with Crippen LogP contribution in [0.1, 0.15) is 16.3 Å². The van der Waals surface area contributed by atoms with Gasteiger partial charge < -0.3 is 9.64 Å². The van der Waals surface area contributed by atoms with E-state index in [1.165, 1.54) is 11.3 Å². The van der Waals surface area contributed by atoms with E-state index < -0.39 is 0 Å². The van der Waals surface area contributed by atoms with Crippen LogP contribution in [0.3, 0.4) is 0 Å². The standard InChI is InChI=1S/C20H18BrClN2O2S/c1-24(11-14-4-2-3-5-18(14)21)20(25)10-16-13-27-19(23-16)12-26-17-8-6-15(22)7-9-17/h2-9,13H,10-12H2,1H3. The molecule has 0 radical (unpaired) electrons. The molecule has 1 heterocycles. The molecule has 0 aliphatic heterocycles. The molecule has 7 heteroatoms. The monoisotopic (exact) mass is 464 g/mol. The van der Waals surface area contributed by atoms with Gasteiger partial charge in [0, 0.05) is 28.5 Å². The zero-order chi connectivity index (χ0) is 19.2. The Morgan fingerprint density at radius 1 is 1.22 bits per heavy atom. The predicted octanol–water partition coefficient (Wildman–Crippen LogP) is 5.34. The van der Waals surface area contributed by atoms with Crippen molar-refractivity contribution in [3.05, 3.63) is 79.7 Å². The van der Waals surface area contributed by atoms with Crippen LogP contribution in [0, 0.1) is 0 Å². The second-order valence-corrected chi connectivity index (χ2v) is 8.23. The molecule has 0 fully saturated rings. The summed E-state index contributed by atoms with van der Waals surface area (Å²) < 4.78 is 6.69. The molecule has 0 saturated carbocycles. The third-order valence-corrected chi connectivity index (χ3v) is 5.80. The highest BCUT2D eigenvalue weighted by atomic mass is 79.9. The van der Waals surface area contributed by atoms with Gasteiger partial charge in [-0.1, -0.05) is 45.7 Å². The van der Waals surface area contributed by atoms with Gasteiger partial charge in [0.05, 0.1) is 12.1 Å². The van der Waals surface area contributed by atoms with E-state index in [9.17, 15) is 4.79 Å². The summed E-state index contributed by atoms with van der Waals surface area (Å²) >= 11 is 10.9. The Labute approximate surface area is 175 Å². The second kappa shape index (κ2) is 9.35. The number of carbonyl (C=O) groups is 1. The first-order chi connectivity index (χ1) is 13.0. The molecule has 3 rings (SSSR count). The van der Waals surface area contributed by atoms with Gasteiger partial charge in [0.25, 0.3) is 0 Å². The predicted molar refractivity (Wildman–Crippen MR) is 112 cm³/mol. The number of nitrogens with zero attached hydrogens (tertiary/aromatic N) is 2. The molecule has 27 heavy (non-hydrogen) atoms. The van der Waals surface area contributed by atoms with Gasteiger partial charge in [-0.3, -0.25) is 4.79 Å². The lowest BCUT2D eigenvalue weighted by atomic mass is 10.2. The molecule has 0 aliphatic carbocycles. The Bertz CT molecular complexity index is 914. The first kappa shape index (κ1) is 19.9. The maximum Gasteiger partial charge on any atom is 0.228 e. The fourth-order valence-corrected chi connectivity index (χ4v) is 3.67. The quantitative estimate of drug-likeness (QED) is 0.473. The summed E-state index contributed by atoms with van der Waals surface area (Å²) in [5, 5.41) is 3.41. The number of hydrogen-bond donors (Lipinski definition) is 0. The van der Waals surface area contributed by atoms with Crippen LogP contribution in [-0.2, 0) is 24.4 Å². The Hall–Kier alpha value is -1.89. The lowest BCUT2D eigenvalue weighted by Crippen LogP contribution is -2.28. The molecule has 0 unspecified atom stereocenters. The van der Waals surface area contributed by atoms with Crippen LogP contribution < -0.4 is 4.74 Å². The molecule has 140 valence electrons. The molecule has 0 saturated heterocycles. The zero-order valence-corrected chi connectivity index (χ0v) is 17.9. The van der Waals surface area contributed by atoms with Gasteiger partial charge in [-0.15, -0.1) is 11.3 Å². The van der Waals surface area contributed by atoms with E-state index in [-0.39, 0.29) is 12.3 Å². The van der Waals surface area contributed by atoms with Crippen LogP contribution in [-0.4, -0.2) is 22.8 Å². The SMILES string of the molecule is CN(Cc1ccccc1Br)C(=O)Cc1csc(COc2ccc(Cl)cc2)n1. The minimum Gasteiger partial charge on any atom is -0.486 e. The normalized spacial score (nSPS) is 10.6. The highest BCUT2D eigenvalue weighted by molar-refractivity contribution is 9.10. The number of ether oxygens (including phenoxy) is 1. The molecule has 0 atom stereocenters. The summed E-state index contributed by atoms with van der Waals surface area (Å²) in [6.45, 7) is 0.921. The molecule has 0 bridgehead atoms. The van der Waals surface area contributed by atoms with Crippen molar-refractivity contribution in [2.75, 3.05) is 7.05 Å². The largest absolute Gasteiger partial charge is 0.486 e. The van der Waals surface area contributed by atoms with Crippen LogP contribution in [0.4, 0.5) is 0 Å². The fourth-order valence-electron chi connectivity index (χ4n) is 2.43. The number of carbonyl (C=O) groups excluding carboxylic acids is 1. The minimum atomic E-state index is 0.0289. The first-order valence-corrected chi connectivity index (χ1v) is 10.4. The van der Waals surface area contributed by atoms with Crippen LogP contribution in [0.2, 0.25) is 5.02 Å². The summed E-state index contributed by atoms with van der Waals surface area (Å²) in [5.74, 6) is 0.765. The lowest BCUT2D eigenvalue weighted by molar-refractivity contribution is -0.129. The Morgan fingerprint density at radius 3 is 2.70 bits per heavy atom. The van der Waals surface area contributed by atoms with Crippen LogP contribution in [0.5, 0.6) is 5.75 Å². The zero-order valence-electron chi connectivity index (χ0n) is 14.7. The van der Waals surface area contributed by atoms with Gasteiger partial charge in [-0.2, -0.15) is 0 Å². The Kier molecular flexibility index (Phi) is 6.88. The van der Waals surface area contributed by atoms with Crippen LogP contribution in [0.25, 0.3) is 0 Å². The van der Waals surface area contributed by atoms with Gasteiger partial charge >= 0.3 is 0 Å². The van der Waals surface area contributed by atoms with Gasteiger partial charge in [0.1, 0.15) is 17.4 Å². The third kappa shape index (κ3) is 5.79. The summed E-state index contributed by atoms with van der Waals surface area (Å²) in [7, 11) is 1.80. The smallest absolute Gasteiger partial charge is 0.228 e. The molecule has 1 aromatic heterocycles. The van der Waals surface area contributed by atoms with Gasteiger partial charge in [0.15, 0.2) is 0 Å². The van der Waals surface area contributed by atoms with E-state index >= 15 is 0 Å². The van der Waals surface area contributed by atoms with E-state index in [1.54, 1.807) is 24.1 Å². The van der Waals surface area contributed by atoms with Crippen LogP contribution >= 0.6 is 38.9 Å². The number of aromatic nitrogens is 1. The molecule has 4 nitrogen and oxygen atoms in total. The molecule has 1 amide bonds. The molecule has 0 spiro atoms. The maximum absolute atomic E-state index is 12.5. The Morgan fingerprint density at radius 2 is 1.96 bits per heavy atom. The fraction of sp³-hybridized carbons (Fsp3) is 0.200. The van der Waals surface area contributed by atoms with Crippen molar-refractivity contribution in [1.82, 2.24) is 9.88 Å². The maximum atomic E-state index is 12.5. The average Bonchev–Trinajstić information content (AvgIpc) is 3.10. The lowest BCUT2D eigenvalue weighted by Gasteiger charge is -2.17. The molecule has 3 aromatic rings. The average molecular weight is 466 g/mol. The second-order valence-electron chi connectivity index (χ2n) is 5.99. The van der Waals surface area contributed by atoms with E-state index in [4.69, 9.17) is 16.3 Å². The number of benzene rings is 2. The summed E-state index contributed by atoms with van der Waals surface area (Å²) in [5.41, 5.74) is 1.84. The van der Waals surface area contributed by atoms with Crippen molar-refractivity contribution < 1.29 is 9.53 Å². The topological polar surface area (TPSA) is 42.4 Å². The van der Waals surface area contributed by atoms with Crippen LogP contribution in [0.15, 0.2) is 58.4 Å². The molecular weight excluding hydrogens is 448 g/mol. The van der Waals surface area contributed by atoms with E-state index in [2.05, 4.69) is 20.9 Å². The van der Waals surface area contributed by atoms with E-state index in [1.807, 2.05) is 41.8 Å². The first-order valence-electron chi connectivity index (χ1n) is 8.30. The molecule has 0 aliphatic rings. The van der Waals surface area contributed by atoms with Gasteiger partial charge in [-0.05, 0) is 35.9 Å². The van der Waals surface area contributed by atoms with E-state index in [0.717, 1.165) is 26.5 Å². The van der Waals surface area contributed by atoms with Crippen molar-refractivity contribution in [2.45, 2.75) is 19.6 Å². The van der Waals surface area contributed by atoms with Crippen molar-refractivity contribution >= 4 is 44.8 Å². The minimum absolute atomic E-state index is 0.0289. The van der Waals surface area contributed by atoms with Gasteiger partial charge in [-0.25, -0.2) is 4.98 Å². The van der Waals surface area contributed by atoms with Gasteiger partial charge in [0.2, 0.25) is 5.91 Å².